The van der Waals surface area contributed by atoms with Gasteiger partial charge in [0.2, 0.25) is 0 Å². The molecule has 2 amide bonds. The molecule has 142 valence electrons. The van der Waals surface area contributed by atoms with E-state index in [1.165, 1.54) is 25.7 Å². The second-order valence-corrected chi connectivity index (χ2v) is 8.58. The fraction of sp³-hybridized carbons (Fsp3) is 0.900. The van der Waals surface area contributed by atoms with Gasteiger partial charge in [-0.3, -0.25) is 9.59 Å². The van der Waals surface area contributed by atoms with E-state index in [2.05, 4.69) is 17.3 Å². The molecule has 5 heteroatoms. The van der Waals surface area contributed by atoms with Crippen molar-refractivity contribution in [1.82, 2.24) is 15.1 Å². The average Bonchev–Trinajstić information content (AvgIpc) is 3.16. The van der Waals surface area contributed by atoms with Gasteiger partial charge in [0.1, 0.15) is 0 Å². The third-order valence-electron chi connectivity index (χ3n) is 6.92. The fourth-order valence-electron chi connectivity index (χ4n) is 5.06. The zero-order chi connectivity index (χ0) is 17.8. The molecular weight excluding hydrogens is 314 g/mol. The highest BCUT2D eigenvalue weighted by Gasteiger charge is 2.33. The van der Waals surface area contributed by atoms with Gasteiger partial charge in [0.25, 0.3) is 0 Å². The van der Waals surface area contributed by atoms with Crippen LogP contribution in [0.3, 0.4) is 0 Å². The lowest BCUT2D eigenvalue weighted by molar-refractivity contribution is -0.147. The Hall–Kier alpha value is -1.10. The monoisotopic (exact) mass is 349 g/mol. The number of likely N-dealkylation sites (tertiary alicyclic amines) is 2. The van der Waals surface area contributed by atoms with Gasteiger partial charge in [0, 0.05) is 19.1 Å². The molecule has 2 saturated heterocycles. The molecule has 5 nitrogen and oxygen atoms in total. The maximum Gasteiger partial charge on any atom is 0.311 e. The summed E-state index contributed by atoms with van der Waals surface area (Å²) in [6.45, 7) is 5.72. The van der Waals surface area contributed by atoms with Crippen molar-refractivity contribution in [2.75, 3.05) is 33.2 Å². The predicted octanol–water partition coefficient (Wildman–Crippen LogP) is 2.26. The Bertz CT molecular complexity index is 460. The Balaban J connectivity index is 1.42. The maximum absolute atomic E-state index is 12.5. The first-order valence-electron chi connectivity index (χ1n) is 10.3. The van der Waals surface area contributed by atoms with Gasteiger partial charge in [-0.2, -0.15) is 0 Å². The zero-order valence-corrected chi connectivity index (χ0v) is 16.0. The van der Waals surface area contributed by atoms with E-state index in [9.17, 15) is 9.59 Å². The number of hydrogen-bond donors (Lipinski definition) is 1. The molecule has 1 unspecified atom stereocenters. The quantitative estimate of drug-likeness (QED) is 0.795. The van der Waals surface area contributed by atoms with Crippen molar-refractivity contribution in [3.63, 3.8) is 0 Å². The topological polar surface area (TPSA) is 52.7 Å². The van der Waals surface area contributed by atoms with E-state index in [0.29, 0.717) is 5.92 Å². The van der Waals surface area contributed by atoms with E-state index in [-0.39, 0.29) is 11.9 Å². The Kier molecular flexibility index (Phi) is 6.37. The molecule has 0 aromatic carbocycles. The number of nitrogens with zero attached hydrogens (tertiary/aromatic N) is 2. The zero-order valence-electron chi connectivity index (χ0n) is 16.0. The van der Waals surface area contributed by atoms with Crippen LogP contribution in [0, 0.1) is 17.8 Å². The molecule has 2 aliphatic heterocycles. The van der Waals surface area contributed by atoms with Crippen LogP contribution in [-0.2, 0) is 9.59 Å². The van der Waals surface area contributed by atoms with Gasteiger partial charge in [-0.15, -0.1) is 0 Å². The summed E-state index contributed by atoms with van der Waals surface area (Å²) in [4.78, 5) is 29.0. The van der Waals surface area contributed by atoms with E-state index in [4.69, 9.17) is 0 Å². The van der Waals surface area contributed by atoms with Crippen LogP contribution in [0.1, 0.15) is 58.3 Å². The van der Waals surface area contributed by atoms with Gasteiger partial charge in [-0.05, 0) is 70.5 Å². The summed E-state index contributed by atoms with van der Waals surface area (Å²) in [7, 11) is 2.14. The van der Waals surface area contributed by atoms with Gasteiger partial charge in [-0.1, -0.05) is 25.7 Å². The normalized spacial score (nSPS) is 25.9. The predicted molar refractivity (Wildman–Crippen MR) is 99.1 cm³/mol. The lowest BCUT2D eigenvalue weighted by Crippen LogP contribution is -2.51. The number of hydrogen-bond acceptors (Lipinski definition) is 3. The first-order chi connectivity index (χ1) is 12.0. The molecule has 0 spiro atoms. The van der Waals surface area contributed by atoms with Gasteiger partial charge in [-0.25, -0.2) is 0 Å². The average molecular weight is 350 g/mol. The molecule has 0 aromatic rings. The van der Waals surface area contributed by atoms with Crippen LogP contribution in [0.4, 0.5) is 0 Å². The minimum atomic E-state index is -0.397. The summed E-state index contributed by atoms with van der Waals surface area (Å²) in [5.41, 5.74) is 0. The number of carbonyl (C=O) groups excluding carboxylic acids is 2. The van der Waals surface area contributed by atoms with Gasteiger partial charge in [0.05, 0.1) is 0 Å². The first kappa shape index (κ1) is 18.7. The van der Waals surface area contributed by atoms with Crippen molar-refractivity contribution < 1.29 is 9.59 Å². The molecule has 1 atom stereocenters. The van der Waals surface area contributed by atoms with E-state index in [0.717, 1.165) is 63.7 Å². The largest absolute Gasteiger partial charge is 0.345 e. The summed E-state index contributed by atoms with van der Waals surface area (Å²) in [6.07, 6.45) is 9.84. The van der Waals surface area contributed by atoms with Crippen molar-refractivity contribution >= 4 is 11.8 Å². The lowest BCUT2D eigenvalue weighted by atomic mass is 9.83. The molecule has 3 fully saturated rings. The summed E-state index contributed by atoms with van der Waals surface area (Å²) >= 11 is 0. The molecule has 0 bridgehead atoms. The summed E-state index contributed by atoms with van der Waals surface area (Å²) in [5.74, 6) is 1.42. The highest BCUT2D eigenvalue weighted by atomic mass is 16.2. The number of nitrogens with one attached hydrogen (secondary N) is 1. The molecule has 1 N–H and O–H groups in total. The smallest absolute Gasteiger partial charge is 0.311 e. The summed E-state index contributed by atoms with van der Waals surface area (Å²) < 4.78 is 0. The SMILES string of the molecule is CC(NC(=O)C(=O)N1CCC(C2CCCC2)CC1)C1CCN(C)CC1. The van der Waals surface area contributed by atoms with E-state index < -0.39 is 5.91 Å². The van der Waals surface area contributed by atoms with Crippen molar-refractivity contribution in [2.45, 2.75) is 64.3 Å². The minimum absolute atomic E-state index is 0.0844. The molecule has 3 rings (SSSR count). The van der Waals surface area contributed by atoms with Crippen molar-refractivity contribution in [2.24, 2.45) is 17.8 Å². The Labute approximate surface area is 152 Å². The first-order valence-corrected chi connectivity index (χ1v) is 10.3. The standard InChI is InChI=1S/C20H35N3O2/c1-15(16-7-11-22(2)12-8-16)21-19(24)20(25)23-13-9-18(10-14-23)17-5-3-4-6-17/h15-18H,3-14H2,1-2H3,(H,21,24). The second kappa shape index (κ2) is 8.52. The van der Waals surface area contributed by atoms with Crippen LogP contribution in [0.5, 0.6) is 0 Å². The van der Waals surface area contributed by atoms with E-state index in [1.807, 2.05) is 6.92 Å². The van der Waals surface area contributed by atoms with E-state index >= 15 is 0 Å². The van der Waals surface area contributed by atoms with Gasteiger partial charge >= 0.3 is 11.8 Å². The lowest BCUT2D eigenvalue weighted by Gasteiger charge is -2.35. The number of rotatable bonds is 3. The molecule has 1 aliphatic carbocycles. The molecule has 25 heavy (non-hydrogen) atoms. The minimum Gasteiger partial charge on any atom is -0.345 e. The molecule has 1 saturated carbocycles. The Morgan fingerprint density at radius 2 is 1.44 bits per heavy atom. The van der Waals surface area contributed by atoms with Crippen LogP contribution in [0.2, 0.25) is 0 Å². The van der Waals surface area contributed by atoms with E-state index in [1.54, 1.807) is 4.90 Å². The number of carbonyl (C=O) groups is 2. The molecule has 0 aromatic heterocycles. The van der Waals surface area contributed by atoms with Gasteiger partial charge in [0.15, 0.2) is 0 Å². The number of piperidine rings is 2. The summed E-state index contributed by atoms with van der Waals surface area (Å²) in [6, 6.07) is 0.0844. The molecule has 3 aliphatic rings. The van der Waals surface area contributed by atoms with Crippen molar-refractivity contribution in [3.8, 4) is 0 Å². The van der Waals surface area contributed by atoms with Gasteiger partial charge < -0.3 is 15.1 Å². The second-order valence-electron chi connectivity index (χ2n) is 8.58. The molecule has 0 radical (unpaired) electrons. The highest BCUT2D eigenvalue weighted by Crippen LogP contribution is 2.36. The Morgan fingerprint density at radius 1 is 0.880 bits per heavy atom. The van der Waals surface area contributed by atoms with Crippen molar-refractivity contribution in [1.29, 1.82) is 0 Å². The number of amides is 2. The highest BCUT2D eigenvalue weighted by molar-refractivity contribution is 6.35. The third kappa shape index (κ3) is 4.75. The maximum atomic E-state index is 12.5. The van der Waals surface area contributed by atoms with Crippen molar-refractivity contribution in [3.05, 3.63) is 0 Å². The van der Waals surface area contributed by atoms with Crippen LogP contribution in [0.25, 0.3) is 0 Å². The van der Waals surface area contributed by atoms with Crippen LogP contribution >= 0.6 is 0 Å². The molecule has 2 heterocycles. The van der Waals surface area contributed by atoms with Crippen LogP contribution in [0.15, 0.2) is 0 Å². The third-order valence-corrected chi connectivity index (χ3v) is 6.92. The van der Waals surface area contributed by atoms with Crippen LogP contribution in [-0.4, -0.2) is 60.9 Å². The molecular formula is C20H35N3O2. The fourth-order valence-corrected chi connectivity index (χ4v) is 5.06. The summed E-state index contributed by atoms with van der Waals surface area (Å²) in [5, 5.41) is 2.98. The Morgan fingerprint density at radius 3 is 2.04 bits per heavy atom. The van der Waals surface area contributed by atoms with Crippen LogP contribution < -0.4 is 5.32 Å².